The summed E-state index contributed by atoms with van der Waals surface area (Å²) in [7, 11) is -0.194. The van der Waals surface area contributed by atoms with Gasteiger partial charge in [0.2, 0.25) is 0 Å². The molecule has 0 radical (unpaired) electrons. The molecular formula is C18H31S7-. The van der Waals surface area contributed by atoms with Crippen LogP contribution in [0, 0.1) is 13.8 Å². The number of aryl methyl sites for hydroxylation is 2. The molecule has 0 spiro atoms. The Morgan fingerprint density at radius 3 is 1.20 bits per heavy atom. The van der Waals surface area contributed by atoms with E-state index in [4.69, 9.17) is 0 Å². The van der Waals surface area contributed by atoms with Crippen molar-refractivity contribution >= 4 is 81.4 Å². The van der Waals surface area contributed by atoms with E-state index in [9.17, 15) is 0 Å². The Morgan fingerprint density at radius 1 is 0.800 bits per heavy atom. The van der Waals surface area contributed by atoms with Crippen molar-refractivity contribution in [2.45, 2.75) is 41.5 Å². The molecule has 2 aromatic carbocycles. The zero-order valence-corrected chi connectivity index (χ0v) is 22.2. The third kappa shape index (κ3) is 24.6. The van der Waals surface area contributed by atoms with Crippen LogP contribution < -0.4 is 0 Å². The molecule has 0 bridgehead atoms. The first-order valence-electron chi connectivity index (χ1n) is 7.89. The lowest BCUT2D eigenvalue weighted by molar-refractivity contribution is 1.47. The van der Waals surface area contributed by atoms with Gasteiger partial charge in [0, 0.05) is 0 Å². The molecule has 0 aliphatic rings. The summed E-state index contributed by atoms with van der Waals surface area (Å²) in [6.45, 7) is 12.2. The minimum atomic E-state index is -1.31. The summed E-state index contributed by atoms with van der Waals surface area (Å²) in [5.41, 5.74) is 2.65. The van der Waals surface area contributed by atoms with Crippen LogP contribution in [-0.4, -0.2) is 12.5 Å². The van der Waals surface area contributed by atoms with E-state index in [1.165, 1.54) is 21.9 Å². The average molecular weight is 472 g/mol. The number of benzene rings is 2. The summed E-state index contributed by atoms with van der Waals surface area (Å²) in [5.74, 6) is 0. The van der Waals surface area contributed by atoms with E-state index in [1.54, 1.807) is 6.26 Å². The number of thiol groups is 1. The molecule has 0 N–H and O–H groups in total. The normalized spacial score (nSPS) is 9.20. The van der Waals surface area contributed by atoms with Crippen molar-refractivity contribution in [2.75, 3.05) is 12.5 Å². The van der Waals surface area contributed by atoms with Gasteiger partial charge in [0.25, 0.3) is 0 Å². The van der Waals surface area contributed by atoms with Gasteiger partial charge in [0.15, 0.2) is 0 Å². The van der Waals surface area contributed by atoms with Crippen molar-refractivity contribution in [3.63, 3.8) is 0 Å². The van der Waals surface area contributed by atoms with Gasteiger partial charge in [-0.25, -0.2) is 0 Å². The smallest absolute Gasteiger partial charge is 0.000573 e. The summed E-state index contributed by atoms with van der Waals surface area (Å²) in [6.07, 6.45) is 2.28. The Kier molecular flexibility index (Phi) is 21.9. The first-order valence-corrected chi connectivity index (χ1v) is 16.3. The first-order chi connectivity index (χ1) is 11.5. The van der Waals surface area contributed by atoms with Crippen LogP contribution in [-0.2, 0) is 58.9 Å². The van der Waals surface area contributed by atoms with Crippen LogP contribution in [0.15, 0.2) is 36.4 Å². The second kappa shape index (κ2) is 18.0. The lowest BCUT2D eigenvalue weighted by Crippen LogP contribution is -1.76. The topological polar surface area (TPSA) is 0 Å². The molecule has 0 atom stereocenters. The van der Waals surface area contributed by atoms with Crippen molar-refractivity contribution in [3.8, 4) is 0 Å². The zero-order chi connectivity index (χ0) is 20.6. The van der Waals surface area contributed by atoms with E-state index in [-0.39, 0.29) is 8.01 Å². The van der Waals surface area contributed by atoms with Crippen molar-refractivity contribution in [1.29, 1.82) is 0 Å². The van der Waals surface area contributed by atoms with E-state index in [0.717, 1.165) is 0 Å². The maximum Gasteiger partial charge on any atom is -0.000573 e. The summed E-state index contributed by atoms with van der Waals surface area (Å²) in [6, 6.07) is 13.1. The van der Waals surface area contributed by atoms with Gasteiger partial charge < -0.3 is 8.01 Å². The van der Waals surface area contributed by atoms with Crippen molar-refractivity contribution in [2.24, 2.45) is 0 Å². The molecule has 0 aliphatic heterocycles. The Hall–Kier alpha value is 0.630. The first kappa shape index (κ1) is 30.4. The highest BCUT2D eigenvalue weighted by atomic mass is 33.5. The molecule has 146 valence electrons. The molecule has 0 aliphatic carbocycles. The molecular weight excluding hydrogens is 441 g/mol. The van der Waals surface area contributed by atoms with Gasteiger partial charge in [-0.2, -0.15) is 0 Å². The van der Waals surface area contributed by atoms with E-state index in [1.807, 2.05) is 34.0 Å². The van der Waals surface area contributed by atoms with Gasteiger partial charge in [-0.05, 0) is 59.4 Å². The lowest BCUT2D eigenvalue weighted by atomic mass is 10.1. The number of rotatable bonds is 0. The van der Waals surface area contributed by atoms with Crippen LogP contribution in [0.3, 0.4) is 0 Å². The molecule has 0 saturated carbocycles. The predicted molar refractivity (Wildman–Crippen MR) is 141 cm³/mol. The zero-order valence-electron chi connectivity index (χ0n) is 16.4. The third-order valence-electron chi connectivity index (χ3n) is 2.15. The summed E-state index contributed by atoms with van der Waals surface area (Å²) >= 11 is 21.9. The summed E-state index contributed by atoms with van der Waals surface area (Å²) in [5, 5.41) is 2.67. The van der Waals surface area contributed by atoms with Crippen LogP contribution in [0.5, 0.6) is 0 Å². The second-order valence-corrected chi connectivity index (χ2v) is 18.7. The minimum absolute atomic E-state index is 0.194. The fraction of sp³-hybridized carbons (Fsp3) is 0.444. The number of hydrogen-bond donors (Lipinski definition) is 1. The molecule has 0 heterocycles. The standard InChI is InChI=1S/C12H12.2C2H6.CH4S4.CH3S3/c1-9-3-5-12-8-10(2)4-6-11(12)7-9;2*1-2;1-5(2,3)4;1-4(2)3/h3-8H,1-2H3;2*1-2H3;1H3,(H,2,3,4);1H3/q;;;;-1. The van der Waals surface area contributed by atoms with Gasteiger partial charge in [0.1, 0.15) is 0 Å². The molecule has 0 fully saturated rings. The van der Waals surface area contributed by atoms with Crippen LogP contribution in [0.25, 0.3) is 10.8 Å². The van der Waals surface area contributed by atoms with E-state index in [2.05, 4.69) is 107 Å². The van der Waals surface area contributed by atoms with Crippen molar-refractivity contribution in [3.05, 3.63) is 47.5 Å². The van der Waals surface area contributed by atoms with Crippen LogP contribution >= 0.6 is 11.7 Å². The molecule has 25 heavy (non-hydrogen) atoms. The van der Waals surface area contributed by atoms with Gasteiger partial charge in [-0.15, -0.1) is 17.9 Å². The fourth-order valence-electron chi connectivity index (χ4n) is 1.48. The highest BCUT2D eigenvalue weighted by Crippen LogP contribution is 2.16. The number of fused-ring (bicyclic) bond motifs is 1. The summed E-state index contributed by atoms with van der Waals surface area (Å²) < 4.78 is 0. The second-order valence-electron chi connectivity index (χ2n) is 4.49. The largest absolute Gasteiger partial charge is 0.350 e. The minimum Gasteiger partial charge on any atom is -0.350 e. The predicted octanol–water partition coefficient (Wildman–Crippen LogP) is 6.21. The Balaban J connectivity index is -0.000000315. The molecule has 0 saturated heterocycles. The van der Waals surface area contributed by atoms with Crippen LogP contribution in [0.1, 0.15) is 38.8 Å². The molecule has 0 aromatic heterocycles. The maximum absolute atomic E-state index is 4.59. The molecule has 0 nitrogen and oxygen atoms in total. The van der Waals surface area contributed by atoms with E-state index < -0.39 is 6.18 Å². The average Bonchev–Trinajstić information content (AvgIpc) is 2.49. The Labute approximate surface area is 181 Å². The van der Waals surface area contributed by atoms with Gasteiger partial charge >= 0.3 is 0 Å². The van der Waals surface area contributed by atoms with Crippen molar-refractivity contribution < 1.29 is 0 Å². The lowest BCUT2D eigenvalue weighted by Gasteiger charge is -1.99. The molecule has 0 unspecified atom stereocenters. The SMILES string of the molecule is CC.CC.CS(=S)(=S)S.C[S-](=S)=S.Cc1ccc2cc(C)ccc2c1. The highest BCUT2D eigenvalue weighted by Gasteiger charge is 1.92. The Bertz CT molecular complexity index is 701. The molecule has 2 aromatic rings. The summed E-state index contributed by atoms with van der Waals surface area (Å²) in [4.78, 5) is 0. The molecule has 0 amide bonds. The van der Waals surface area contributed by atoms with Crippen LogP contribution in [0.2, 0.25) is 0 Å². The molecule has 2 rings (SSSR count). The molecule has 7 heteroatoms. The van der Waals surface area contributed by atoms with E-state index >= 15 is 0 Å². The number of hydrogen-bond acceptors (Lipinski definition) is 5. The maximum atomic E-state index is 4.59. The van der Waals surface area contributed by atoms with Gasteiger partial charge in [-0.1, -0.05) is 75.2 Å². The van der Waals surface area contributed by atoms with E-state index in [0.29, 0.717) is 0 Å². The fourth-order valence-corrected chi connectivity index (χ4v) is 1.48. The third-order valence-corrected chi connectivity index (χ3v) is 2.15. The Morgan fingerprint density at radius 2 is 1.00 bits per heavy atom. The highest BCUT2D eigenvalue weighted by molar-refractivity contribution is 8.92. The monoisotopic (exact) mass is 471 g/mol. The van der Waals surface area contributed by atoms with Crippen LogP contribution in [0.4, 0.5) is 0 Å². The van der Waals surface area contributed by atoms with Gasteiger partial charge in [0.05, 0.1) is 0 Å². The van der Waals surface area contributed by atoms with Gasteiger partial charge in [-0.3, -0.25) is 22.4 Å². The van der Waals surface area contributed by atoms with Crippen molar-refractivity contribution in [1.82, 2.24) is 0 Å². The quantitative estimate of drug-likeness (QED) is 0.275.